The van der Waals surface area contributed by atoms with Gasteiger partial charge in [-0.05, 0) is 25.3 Å². The molecule has 0 saturated carbocycles. The number of rotatable bonds is 2. The van der Waals surface area contributed by atoms with Gasteiger partial charge in [0.05, 0.1) is 17.2 Å². The summed E-state index contributed by atoms with van der Waals surface area (Å²) < 4.78 is 5.94. The fraction of sp³-hybridized carbons (Fsp3) is 0.600. The molecule has 0 amide bonds. The van der Waals surface area contributed by atoms with Crippen molar-refractivity contribution in [2.24, 2.45) is 0 Å². The van der Waals surface area contributed by atoms with E-state index in [0.717, 1.165) is 16.8 Å². The lowest BCUT2D eigenvalue weighted by atomic mass is 10.0. The lowest BCUT2D eigenvalue weighted by molar-refractivity contribution is -0.0365. The van der Waals surface area contributed by atoms with Crippen LogP contribution in [0.2, 0.25) is 5.02 Å². The van der Waals surface area contributed by atoms with E-state index >= 15 is 0 Å². The Balaban J connectivity index is 2.04. The van der Waals surface area contributed by atoms with Gasteiger partial charge in [-0.2, -0.15) is 0 Å². The molecule has 4 heteroatoms. The van der Waals surface area contributed by atoms with E-state index in [2.05, 4.69) is 15.9 Å². The molecular formula is C10H12BrClOS. The molecule has 1 aliphatic heterocycles. The van der Waals surface area contributed by atoms with Gasteiger partial charge < -0.3 is 4.74 Å². The fourth-order valence-electron chi connectivity index (χ4n) is 1.72. The largest absolute Gasteiger partial charge is 0.369 e. The molecule has 14 heavy (non-hydrogen) atoms. The molecule has 78 valence electrons. The Kier molecular flexibility index (Phi) is 3.88. The molecule has 2 unspecified atom stereocenters. The van der Waals surface area contributed by atoms with Crippen molar-refractivity contribution in [3.8, 4) is 0 Å². The van der Waals surface area contributed by atoms with Gasteiger partial charge in [-0.1, -0.05) is 27.5 Å². The molecule has 0 aliphatic carbocycles. The molecule has 2 rings (SSSR count). The number of ether oxygens (including phenoxy) is 1. The summed E-state index contributed by atoms with van der Waals surface area (Å²) >= 11 is 11.1. The normalized spacial score (nSPS) is 27.9. The standard InChI is InChI=1S/C10H12BrClOS/c11-5-8-2-1-3-9(13-8)10-4-7(12)6-14-10/h4,6,8-9H,1-3,5H2. The first-order valence-electron chi connectivity index (χ1n) is 4.75. The maximum Gasteiger partial charge on any atom is 0.0921 e. The van der Waals surface area contributed by atoms with Gasteiger partial charge >= 0.3 is 0 Å². The van der Waals surface area contributed by atoms with Crippen molar-refractivity contribution < 1.29 is 4.74 Å². The van der Waals surface area contributed by atoms with Gasteiger partial charge in [0.25, 0.3) is 0 Å². The Morgan fingerprint density at radius 2 is 2.43 bits per heavy atom. The third-order valence-electron chi connectivity index (χ3n) is 2.43. The van der Waals surface area contributed by atoms with Crippen LogP contribution in [0.4, 0.5) is 0 Å². The summed E-state index contributed by atoms with van der Waals surface area (Å²) in [6, 6.07) is 2.02. The summed E-state index contributed by atoms with van der Waals surface area (Å²) in [5.74, 6) is 0. The van der Waals surface area contributed by atoms with Gasteiger partial charge in [-0.25, -0.2) is 0 Å². The molecule has 2 atom stereocenters. The summed E-state index contributed by atoms with van der Waals surface area (Å²) in [7, 11) is 0. The highest BCUT2D eigenvalue weighted by atomic mass is 79.9. The van der Waals surface area contributed by atoms with Crippen molar-refractivity contribution in [3.05, 3.63) is 21.3 Å². The Hall–Kier alpha value is 0.430. The molecule has 1 aromatic heterocycles. The minimum atomic E-state index is 0.267. The van der Waals surface area contributed by atoms with Crippen LogP contribution in [0.15, 0.2) is 11.4 Å². The van der Waals surface area contributed by atoms with Gasteiger partial charge in [0, 0.05) is 15.6 Å². The number of hydrogen-bond acceptors (Lipinski definition) is 2. The molecule has 1 nitrogen and oxygen atoms in total. The number of alkyl halides is 1. The highest BCUT2D eigenvalue weighted by Crippen LogP contribution is 2.35. The molecule has 2 heterocycles. The Labute approximate surface area is 102 Å². The van der Waals surface area contributed by atoms with Crippen LogP contribution in [0, 0.1) is 0 Å². The lowest BCUT2D eigenvalue weighted by Gasteiger charge is -2.28. The first kappa shape index (κ1) is 10.9. The molecule has 0 radical (unpaired) electrons. The maximum atomic E-state index is 5.94. The van der Waals surface area contributed by atoms with E-state index in [0.29, 0.717) is 6.10 Å². The predicted octanol–water partition coefficient (Wildman–Crippen LogP) is 4.41. The fourth-order valence-corrected chi connectivity index (χ4v) is 3.35. The van der Waals surface area contributed by atoms with E-state index in [4.69, 9.17) is 16.3 Å². The molecule has 0 N–H and O–H groups in total. The monoisotopic (exact) mass is 294 g/mol. The molecule has 0 aromatic carbocycles. The Morgan fingerprint density at radius 3 is 3.07 bits per heavy atom. The third-order valence-corrected chi connectivity index (χ3v) is 4.52. The zero-order valence-corrected chi connectivity index (χ0v) is 10.9. The molecule has 1 aliphatic rings. The zero-order chi connectivity index (χ0) is 9.97. The van der Waals surface area contributed by atoms with E-state index in [1.54, 1.807) is 11.3 Å². The van der Waals surface area contributed by atoms with Crippen LogP contribution >= 0.6 is 38.9 Å². The summed E-state index contributed by atoms with van der Waals surface area (Å²) in [4.78, 5) is 1.26. The van der Waals surface area contributed by atoms with E-state index in [1.165, 1.54) is 17.7 Å². The summed E-state index contributed by atoms with van der Waals surface area (Å²) in [5, 5.41) is 3.73. The Morgan fingerprint density at radius 1 is 1.57 bits per heavy atom. The van der Waals surface area contributed by atoms with Gasteiger partial charge in [0.2, 0.25) is 0 Å². The first-order valence-corrected chi connectivity index (χ1v) is 7.13. The maximum absolute atomic E-state index is 5.94. The Bertz CT molecular complexity index is 302. The van der Waals surface area contributed by atoms with Crippen molar-refractivity contribution in [3.63, 3.8) is 0 Å². The van der Waals surface area contributed by atoms with Crippen LogP contribution in [0.3, 0.4) is 0 Å². The number of thiophene rings is 1. The van der Waals surface area contributed by atoms with Crippen LogP contribution < -0.4 is 0 Å². The summed E-state index contributed by atoms with van der Waals surface area (Å²) in [5.41, 5.74) is 0. The summed E-state index contributed by atoms with van der Waals surface area (Å²) in [6.45, 7) is 0. The number of halogens is 2. The van der Waals surface area contributed by atoms with Crippen molar-refractivity contribution in [2.75, 3.05) is 5.33 Å². The second kappa shape index (κ2) is 4.97. The van der Waals surface area contributed by atoms with Crippen LogP contribution in [-0.2, 0) is 4.74 Å². The average Bonchev–Trinajstić information content (AvgIpc) is 2.65. The highest BCUT2D eigenvalue weighted by molar-refractivity contribution is 9.09. The zero-order valence-electron chi connectivity index (χ0n) is 7.71. The minimum absolute atomic E-state index is 0.267. The second-order valence-corrected chi connectivity index (χ2v) is 5.53. The molecular weight excluding hydrogens is 284 g/mol. The lowest BCUT2D eigenvalue weighted by Crippen LogP contribution is -2.22. The second-order valence-electron chi connectivity index (χ2n) is 3.50. The smallest absolute Gasteiger partial charge is 0.0921 e. The van der Waals surface area contributed by atoms with Crippen molar-refractivity contribution >= 4 is 38.9 Å². The quantitative estimate of drug-likeness (QED) is 0.735. The van der Waals surface area contributed by atoms with Gasteiger partial charge in [-0.15, -0.1) is 11.3 Å². The third kappa shape index (κ3) is 2.51. The van der Waals surface area contributed by atoms with E-state index in [1.807, 2.05) is 11.4 Å². The van der Waals surface area contributed by atoms with E-state index in [9.17, 15) is 0 Å². The van der Waals surface area contributed by atoms with Gasteiger partial charge in [0.1, 0.15) is 0 Å². The molecule has 0 spiro atoms. The van der Waals surface area contributed by atoms with Crippen LogP contribution in [0.1, 0.15) is 30.2 Å². The molecule has 1 saturated heterocycles. The minimum Gasteiger partial charge on any atom is -0.369 e. The average molecular weight is 296 g/mol. The highest BCUT2D eigenvalue weighted by Gasteiger charge is 2.23. The van der Waals surface area contributed by atoms with Crippen molar-refractivity contribution in [1.82, 2.24) is 0 Å². The first-order chi connectivity index (χ1) is 6.79. The van der Waals surface area contributed by atoms with Gasteiger partial charge in [0.15, 0.2) is 0 Å². The van der Waals surface area contributed by atoms with E-state index in [-0.39, 0.29) is 6.10 Å². The number of hydrogen-bond donors (Lipinski definition) is 0. The van der Waals surface area contributed by atoms with Crippen LogP contribution in [0.5, 0.6) is 0 Å². The topological polar surface area (TPSA) is 9.23 Å². The molecule has 1 fully saturated rings. The predicted molar refractivity (Wildman–Crippen MR) is 64.6 cm³/mol. The summed E-state index contributed by atoms with van der Waals surface area (Å²) in [6.07, 6.45) is 4.18. The SMILES string of the molecule is Clc1csc(C2CCCC(CBr)O2)c1. The molecule has 1 aromatic rings. The van der Waals surface area contributed by atoms with Crippen molar-refractivity contribution in [1.29, 1.82) is 0 Å². The van der Waals surface area contributed by atoms with Gasteiger partial charge in [-0.3, -0.25) is 0 Å². The van der Waals surface area contributed by atoms with E-state index < -0.39 is 0 Å². The van der Waals surface area contributed by atoms with Crippen LogP contribution in [-0.4, -0.2) is 11.4 Å². The van der Waals surface area contributed by atoms with Crippen molar-refractivity contribution in [2.45, 2.75) is 31.5 Å². The molecule has 0 bridgehead atoms. The van der Waals surface area contributed by atoms with Crippen LogP contribution in [0.25, 0.3) is 0 Å².